The molecule has 0 heterocycles. The van der Waals surface area contributed by atoms with Crippen LogP contribution >= 0.6 is 46.9 Å². The van der Waals surface area contributed by atoms with Crippen molar-refractivity contribution in [1.82, 2.24) is 11.1 Å². The lowest BCUT2D eigenvalue weighted by Crippen LogP contribution is -2.27. The van der Waals surface area contributed by atoms with E-state index in [-0.39, 0.29) is 304 Å². The third-order valence-corrected chi connectivity index (χ3v) is 17.6. The summed E-state index contributed by atoms with van der Waals surface area (Å²) in [6, 6.07) is 0. The number of aliphatic hydroxyl groups is 1. The summed E-state index contributed by atoms with van der Waals surface area (Å²) in [5, 5.41) is 9.02. The standard InChI is InChI=1S/C56H120F2N2O45P6/c57-59-49-55(51-61)52-104-110(71,72)101-47-39-93-31-23-85-15-7-77-5-13-83-21-29-91-37-45-99-108(67,68)97-43-35-89-27-19-81-11-3-75-1-9-79-17-25-87-33-41-95-107(65,66)96-42-34-88-26-18-80-10-2-76-4-12-82-20-28-90-36-44-98-109(69,70)100-46-38-92-30-22-84-14-6-78-8-16-86-24-32-94-40-48-102-111(73,74)105-54-56(50-60-58)53-103-106(62,63)64/h55-56,59-61H,1-54H2,(H,65,66)(H,67,68)(H,69,70)(H,71,72)(H,73,74)(H2,62,63,64)/p-6. The Bertz CT molecular complexity index is 2330. The number of hydrogen-bond acceptors (Lipinski definition) is 46. The summed E-state index contributed by atoms with van der Waals surface area (Å²) in [6.45, 7) is 1.74. The second-order valence-corrected chi connectivity index (χ2v) is 29.3. The van der Waals surface area contributed by atoms with Crippen LogP contribution in [-0.2, 0) is 172 Å². The Kier molecular flexibility index (Phi) is 77.9. The predicted molar refractivity (Wildman–Crippen MR) is 362 cm³/mol. The van der Waals surface area contributed by atoms with Gasteiger partial charge in [0.1, 0.15) is 0 Å². The van der Waals surface area contributed by atoms with Crippen molar-refractivity contribution in [2.45, 2.75) is 0 Å². The Morgan fingerprint density at radius 3 is 0.486 bits per heavy atom. The molecule has 668 valence electrons. The van der Waals surface area contributed by atoms with Crippen LogP contribution in [0.5, 0.6) is 0 Å². The minimum Gasteiger partial charge on any atom is -0.756 e. The van der Waals surface area contributed by atoms with E-state index < -0.39 is 98.4 Å². The molecule has 0 fully saturated rings. The largest absolute Gasteiger partial charge is 0.756 e. The summed E-state index contributed by atoms with van der Waals surface area (Å²) in [7, 11) is -28.3. The van der Waals surface area contributed by atoms with Crippen LogP contribution in [0.3, 0.4) is 0 Å². The molecule has 0 aliphatic heterocycles. The number of phosphoric ester groups is 6. The number of phosphoric acid groups is 6. The zero-order chi connectivity index (χ0) is 81.7. The number of rotatable bonds is 94. The van der Waals surface area contributed by atoms with Gasteiger partial charge in [-0.05, 0) is 0 Å². The molecular weight excluding hydrogens is 1640 g/mol. The Balaban J connectivity index is 3.44. The van der Waals surface area contributed by atoms with E-state index in [0.29, 0.717) is 13.2 Å². The number of aliphatic hydroxyl groups excluding tert-OH is 1. The number of nitrogens with one attached hydrogen (secondary N) is 2. The first-order chi connectivity index (χ1) is 53.5. The fourth-order valence-electron chi connectivity index (χ4n) is 6.93. The highest BCUT2D eigenvalue weighted by Crippen LogP contribution is 2.41. The molecule has 0 amide bonds. The van der Waals surface area contributed by atoms with Crippen LogP contribution in [0.15, 0.2) is 0 Å². The van der Waals surface area contributed by atoms with Gasteiger partial charge in [-0.25, -0.2) is 0 Å². The zero-order valence-electron chi connectivity index (χ0n) is 62.2. The average Bonchev–Trinajstić information content (AvgIpc) is 0.880. The van der Waals surface area contributed by atoms with Gasteiger partial charge in [0.05, 0.1) is 337 Å². The predicted octanol–water partition coefficient (Wildman–Crippen LogP) is -3.52. The van der Waals surface area contributed by atoms with E-state index in [1.807, 2.05) is 0 Å². The first-order valence-electron chi connectivity index (χ1n) is 35.0. The molecule has 0 saturated carbocycles. The van der Waals surface area contributed by atoms with Gasteiger partial charge >= 0.3 is 0 Å². The highest BCUT2D eigenvalue weighted by Gasteiger charge is 2.19. The molecule has 55 heteroatoms. The molecule has 0 spiro atoms. The van der Waals surface area contributed by atoms with E-state index in [1.165, 1.54) is 11.1 Å². The summed E-state index contributed by atoms with van der Waals surface area (Å²) in [6.07, 6.45) is 0. The first-order valence-corrected chi connectivity index (χ1v) is 43.8. The van der Waals surface area contributed by atoms with Crippen LogP contribution in [0.1, 0.15) is 0 Å². The molecule has 111 heavy (non-hydrogen) atoms. The van der Waals surface area contributed by atoms with Gasteiger partial charge in [0.25, 0.3) is 46.9 Å². The quantitative estimate of drug-likeness (QED) is 0.0260. The summed E-state index contributed by atoms with van der Waals surface area (Å²) < 4.78 is 252. The third kappa shape index (κ3) is 85.8. The van der Waals surface area contributed by atoms with Crippen LogP contribution in [0.4, 0.5) is 8.96 Å². The van der Waals surface area contributed by atoms with Gasteiger partial charge in [0.2, 0.25) is 0 Å². The number of ether oxygens (including phenoxy) is 20. The minimum absolute atomic E-state index is 0.0201. The lowest BCUT2D eigenvalue weighted by atomic mass is 10.2. The molecule has 0 aliphatic rings. The van der Waals surface area contributed by atoms with Gasteiger partial charge in [0, 0.05) is 31.5 Å². The second-order valence-electron chi connectivity index (χ2n) is 21.1. The highest BCUT2D eigenvalue weighted by atomic mass is 31.2. The molecular formula is C56H114F2N2O45P6-6. The molecule has 0 aromatic carbocycles. The summed E-state index contributed by atoms with van der Waals surface area (Å²) in [4.78, 5) is 78.6. The van der Waals surface area contributed by atoms with Gasteiger partial charge in [-0.1, -0.05) is 0 Å². The van der Waals surface area contributed by atoms with Gasteiger partial charge in [-0.2, -0.15) is 11.1 Å². The van der Waals surface area contributed by atoms with Crippen molar-refractivity contribution in [3.63, 3.8) is 0 Å². The lowest BCUT2D eigenvalue weighted by molar-refractivity contribution is -0.229. The van der Waals surface area contributed by atoms with E-state index in [0.717, 1.165) is 0 Å². The number of hydrogen-bond donors (Lipinski definition) is 4. The van der Waals surface area contributed by atoms with Crippen molar-refractivity contribution in [2.75, 3.05) is 357 Å². The molecule has 0 aromatic heterocycles. The van der Waals surface area contributed by atoms with Crippen molar-refractivity contribution in [2.24, 2.45) is 11.8 Å². The fourth-order valence-corrected chi connectivity index (χ4v) is 10.9. The molecule has 8 unspecified atom stereocenters. The third-order valence-electron chi connectivity index (χ3n) is 12.2. The van der Waals surface area contributed by atoms with Crippen molar-refractivity contribution in [1.29, 1.82) is 0 Å². The Morgan fingerprint density at radius 1 is 0.216 bits per heavy atom. The van der Waals surface area contributed by atoms with Crippen LogP contribution in [0, 0.1) is 11.8 Å². The van der Waals surface area contributed by atoms with Crippen molar-refractivity contribution in [3.8, 4) is 0 Å². The van der Waals surface area contributed by atoms with Gasteiger partial charge < -0.3 is 184 Å². The Morgan fingerprint density at radius 2 is 0.342 bits per heavy atom. The highest BCUT2D eigenvalue weighted by molar-refractivity contribution is 7.47. The monoisotopic (exact) mass is 1760 g/mol. The van der Waals surface area contributed by atoms with E-state index in [9.17, 15) is 65.7 Å². The van der Waals surface area contributed by atoms with Crippen LogP contribution in [0.25, 0.3) is 0 Å². The first kappa shape index (κ1) is 111. The summed E-state index contributed by atoms with van der Waals surface area (Å²) in [5.41, 5.74) is 2.54. The molecule has 47 nitrogen and oxygen atoms in total. The molecule has 0 rings (SSSR count). The topological polar surface area (TPSA) is 591 Å². The minimum atomic E-state index is -5.10. The maximum Gasteiger partial charge on any atom is 0.268 e. The summed E-state index contributed by atoms with van der Waals surface area (Å²) >= 11 is 0. The van der Waals surface area contributed by atoms with Gasteiger partial charge in [-0.15, -0.1) is 8.96 Å². The number of halogens is 2. The maximum absolute atomic E-state index is 12.4. The fraction of sp³-hybridized carbons (Fsp3) is 1.00. The van der Waals surface area contributed by atoms with Crippen molar-refractivity contribution in [3.05, 3.63) is 0 Å². The molecule has 4 N–H and O–H groups in total. The van der Waals surface area contributed by atoms with E-state index in [4.69, 9.17) is 132 Å². The van der Waals surface area contributed by atoms with E-state index in [2.05, 4.69) is 22.6 Å². The van der Waals surface area contributed by atoms with Gasteiger partial charge in [-0.3, -0.25) is 27.4 Å². The van der Waals surface area contributed by atoms with E-state index >= 15 is 0 Å². The van der Waals surface area contributed by atoms with Crippen molar-refractivity contribution >= 4 is 46.9 Å². The molecule has 8 atom stereocenters. The normalized spacial score (nSPS) is 15.9. The molecule has 0 saturated heterocycles. The SMILES string of the molecule is O=P([O-])(O)OCC(CNF)COP(=O)([O-])OCCOCCOCCOCCOCCOCCOP(=O)([O-])OCCOCCOCCOCCOCCOCCOP(=O)([O-])OCCOCCOCCOCCOCCOCCOP(=O)([O-])OCCOCCOCCOCCOCCOCCOP(=O)([O-])OCC(CO)CNF. The molecule has 0 bridgehead atoms. The second kappa shape index (κ2) is 78.2. The molecule has 0 aromatic rings. The Hall–Kier alpha value is -0.400. The smallest absolute Gasteiger partial charge is 0.268 e. The van der Waals surface area contributed by atoms with E-state index in [1.54, 1.807) is 0 Å². The van der Waals surface area contributed by atoms with Crippen LogP contribution in [0.2, 0.25) is 0 Å². The van der Waals surface area contributed by atoms with Gasteiger partial charge in [0.15, 0.2) is 0 Å². The average molecular weight is 1760 g/mol. The Labute approximate surface area is 644 Å². The van der Waals surface area contributed by atoms with Crippen LogP contribution in [-0.4, -0.2) is 367 Å². The lowest BCUT2D eigenvalue weighted by Gasteiger charge is -2.26. The summed E-state index contributed by atoms with van der Waals surface area (Å²) in [5.74, 6) is -1.84. The molecule has 0 aliphatic carbocycles. The maximum atomic E-state index is 12.4. The van der Waals surface area contributed by atoms with Crippen LogP contribution < -0.4 is 40.4 Å². The molecule has 0 radical (unpaired) electrons. The van der Waals surface area contributed by atoms with Crippen molar-refractivity contribution < 1.29 is 220 Å². The zero-order valence-corrected chi connectivity index (χ0v) is 67.6.